The van der Waals surface area contributed by atoms with Crippen LogP contribution >= 0.6 is 11.3 Å². The molecule has 1 unspecified atom stereocenters. The first-order chi connectivity index (χ1) is 7.36. The highest BCUT2D eigenvalue weighted by Crippen LogP contribution is 2.17. The fourth-order valence-corrected chi connectivity index (χ4v) is 1.92. The molecular formula is C11H12N2OS. The number of nitrogens with zero attached hydrogens (tertiary/aromatic N) is 1. The van der Waals surface area contributed by atoms with Crippen LogP contribution in [0.3, 0.4) is 0 Å². The largest absolute Gasteiger partial charge is 0.490 e. The molecule has 2 rings (SSSR count). The van der Waals surface area contributed by atoms with Gasteiger partial charge in [0.15, 0.2) is 0 Å². The van der Waals surface area contributed by atoms with E-state index in [-0.39, 0.29) is 6.04 Å². The lowest BCUT2D eigenvalue weighted by atomic mass is 10.3. The fraction of sp³-hybridized carbons (Fsp3) is 0.182. The van der Waals surface area contributed by atoms with Gasteiger partial charge in [0.25, 0.3) is 0 Å². The Morgan fingerprint density at radius 1 is 1.40 bits per heavy atom. The van der Waals surface area contributed by atoms with Crippen molar-refractivity contribution >= 4 is 11.3 Å². The molecule has 0 aliphatic rings. The van der Waals surface area contributed by atoms with E-state index in [1.165, 1.54) is 0 Å². The molecule has 0 fully saturated rings. The van der Waals surface area contributed by atoms with Crippen molar-refractivity contribution in [3.8, 4) is 5.75 Å². The van der Waals surface area contributed by atoms with E-state index in [4.69, 9.17) is 10.5 Å². The third-order valence-electron chi connectivity index (χ3n) is 1.97. The van der Waals surface area contributed by atoms with Crippen LogP contribution in [0.5, 0.6) is 5.75 Å². The third kappa shape index (κ3) is 2.78. The Bertz CT molecular complexity index is 388. The Balaban J connectivity index is 1.89. The zero-order valence-corrected chi connectivity index (χ0v) is 8.98. The summed E-state index contributed by atoms with van der Waals surface area (Å²) >= 11 is 1.65. The van der Waals surface area contributed by atoms with Gasteiger partial charge in [0.1, 0.15) is 12.4 Å². The first-order valence-electron chi connectivity index (χ1n) is 4.68. The predicted molar refractivity (Wildman–Crippen MR) is 61.0 cm³/mol. The summed E-state index contributed by atoms with van der Waals surface area (Å²) in [6.45, 7) is 0.478. The molecule has 0 aliphatic heterocycles. The first kappa shape index (κ1) is 10.1. The molecule has 3 nitrogen and oxygen atoms in total. The maximum atomic E-state index is 5.95. The second kappa shape index (κ2) is 4.91. The van der Waals surface area contributed by atoms with Gasteiger partial charge in [-0.3, -0.25) is 4.98 Å². The van der Waals surface area contributed by atoms with Crippen LogP contribution in [0.4, 0.5) is 0 Å². The minimum atomic E-state index is -0.0646. The second-order valence-electron chi connectivity index (χ2n) is 3.12. The standard InChI is InChI=1S/C11H12N2OS/c12-10(11-4-2-6-15-11)8-14-9-3-1-5-13-7-9/h1-7,10H,8,12H2. The van der Waals surface area contributed by atoms with E-state index in [1.54, 1.807) is 23.7 Å². The molecule has 0 amide bonds. The zero-order valence-electron chi connectivity index (χ0n) is 8.17. The number of ether oxygens (including phenoxy) is 1. The van der Waals surface area contributed by atoms with Crippen LogP contribution in [0, 0.1) is 0 Å². The molecule has 15 heavy (non-hydrogen) atoms. The van der Waals surface area contributed by atoms with Crippen molar-refractivity contribution in [2.45, 2.75) is 6.04 Å². The van der Waals surface area contributed by atoms with Gasteiger partial charge < -0.3 is 10.5 Å². The average molecular weight is 220 g/mol. The summed E-state index contributed by atoms with van der Waals surface area (Å²) in [6, 6.07) is 7.65. The lowest BCUT2D eigenvalue weighted by Crippen LogP contribution is -2.17. The van der Waals surface area contributed by atoms with Crippen molar-refractivity contribution in [3.05, 3.63) is 46.9 Å². The lowest BCUT2D eigenvalue weighted by Gasteiger charge is -2.10. The van der Waals surface area contributed by atoms with Gasteiger partial charge in [-0.25, -0.2) is 0 Å². The molecule has 2 heterocycles. The predicted octanol–water partition coefficient (Wildman–Crippen LogP) is 2.22. The van der Waals surface area contributed by atoms with Gasteiger partial charge in [-0.05, 0) is 23.6 Å². The van der Waals surface area contributed by atoms with Crippen LogP contribution in [0.25, 0.3) is 0 Å². The number of pyridine rings is 1. The quantitative estimate of drug-likeness (QED) is 0.859. The summed E-state index contributed by atoms with van der Waals surface area (Å²) in [5, 5.41) is 2.01. The highest BCUT2D eigenvalue weighted by Gasteiger charge is 2.07. The van der Waals surface area contributed by atoms with Crippen molar-refractivity contribution < 1.29 is 4.74 Å². The summed E-state index contributed by atoms with van der Waals surface area (Å²) in [5.41, 5.74) is 5.95. The summed E-state index contributed by atoms with van der Waals surface area (Å²) in [4.78, 5) is 5.10. The minimum Gasteiger partial charge on any atom is -0.490 e. The van der Waals surface area contributed by atoms with Crippen LogP contribution in [0.1, 0.15) is 10.9 Å². The van der Waals surface area contributed by atoms with Gasteiger partial charge in [-0.1, -0.05) is 6.07 Å². The normalized spacial score (nSPS) is 12.3. The first-order valence-corrected chi connectivity index (χ1v) is 5.56. The molecule has 2 aromatic heterocycles. The average Bonchev–Trinajstić information content (AvgIpc) is 2.81. The van der Waals surface area contributed by atoms with Gasteiger partial charge >= 0.3 is 0 Å². The van der Waals surface area contributed by atoms with E-state index < -0.39 is 0 Å². The Labute approximate surface area is 92.5 Å². The fourth-order valence-electron chi connectivity index (χ4n) is 1.20. The van der Waals surface area contributed by atoms with Crippen LogP contribution < -0.4 is 10.5 Å². The van der Waals surface area contributed by atoms with E-state index in [2.05, 4.69) is 4.98 Å². The summed E-state index contributed by atoms with van der Waals surface area (Å²) < 4.78 is 5.51. The topological polar surface area (TPSA) is 48.1 Å². The molecule has 4 heteroatoms. The summed E-state index contributed by atoms with van der Waals surface area (Å²) in [7, 11) is 0. The number of aromatic nitrogens is 1. The van der Waals surface area contributed by atoms with Crippen LogP contribution in [0.2, 0.25) is 0 Å². The van der Waals surface area contributed by atoms with Crippen molar-refractivity contribution in [2.75, 3.05) is 6.61 Å². The number of thiophene rings is 1. The number of rotatable bonds is 4. The molecule has 0 saturated carbocycles. The maximum Gasteiger partial charge on any atom is 0.137 e. The van der Waals surface area contributed by atoms with Crippen molar-refractivity contribution in [1.82, 2.24) is 4.98 Å². The molecule has 2 N–H and O–H groups in total. The van der Waals surface area contributed by atoms with Gasteiger partial charge in [-0.15, -0.1) is 11.3 Å². The highest BCUT2D eigenvalue weighted by molar-refractivity contribution is 7.10. The van der Waals surface area contributed by atoms with E-state index in [0.717, 1.165) is 10.6 Å². The Hall–Kier alpha value is -1.39. The Kier molecular flexibility index (Phi) is 3.32. The second-order valence-corrected chi connectivity index (χ2v) is 4.10. The molecule has 0 spiro atoms. The van der Waals surface area contributed by atoms with Crippen LogP contribution in [-0.2, 0) is 0 Å². The lowest BCUT2D eigenvalue weighted by molar-refractivity contribution is 0.291. The minimum absolute atomic E-state index is 0.0646. The van der Waals surface area contributed by atoms with E-state index >= 15 is 0 Å². The number of hydrogen-bond donors (Lipinski definition) is 1. The molecular weight excluding hydrogens is 208 g/mol. The summed E-state index contributed by atoms with van der Waals surface area (Å²) in [6.07, 6.45) is 3.40. The molecule has 78 valence electrons. The Morgan fingerprint density at radius 3 is 3.00 bits per heavy atom. The molecule has 0 radical (unpaired) electrons. The molecule has 0 aliphatic carbocycles. The van der Waals surface area contributed by atoms with Crippen LogP contribution in [-0.4, -0.2) is 11.6 Å². The van der Waals surface area contributed by atoms with Gasteiger partial charge in [0, 0.05) is 11.1 Å². The van der Waals surface area contributed by atoms with Crippen molar-refractivity contribution in [3.63, 3.8) is 0 Å². The van der Waals surface area contributed by atoms with E-state index in [0.29, 0.717) is 6.61 Å². The smallest absolute Gasteiger partial charge is 0.137 e. The molecule has 0 saturated heterocycles. The maximum absolute atomic E-state index is 5.95. The molecule has 0 aromatic carbocycles. The monoisotopic (exact) mass is 220 g/mol. The number of hydrogen-bond acceptors (Lipinski definition) is 4. The van der Waals surface area contributed by atoms with Crippen LogP contribution in [0.15, 0.2) is 42.0 Å². The van der Waals surface area contributed by atoms with Crippen molar-refractivity contribution in [2.24, 2.45) is 5.73 Å². The molecule has 1 atom stereocenters. The summed E-state index contributed by atoms with van der Waals surface area (Å²) in [5.74, 6) is 0.754. The third-order valence-corrected chi connectivity index (χ3v) is 2.98. The van der Waals surface area contributed by atoms with Gasteiger partial charge in [0.2, 0.25) is 0 Å². The van der Waals surface area contributed by atoms with Crippen molar-refractivity contribution in [1.29, 1.82) is 0 Å². The van der Waals surface area contributed by atoms with E-state index in [9.17, 15) is 0 Å². The van der Waals surface area contributed by atoms with E-state index in [1.807, 2.05) is 29.6 Å². The van der Waals surface area contributed by atoms with Gasteiger partial charge in [-0.2, -0.15) is 0 Å². The number of nitrogens with two attached hydrogens (primary N) is 1. The SMILES string of the molecule is NC(COc1cccnc1)c1cccs1. The van der Waals surface area contributed by atoms with Gasteiger partial charge in [0.05, 0.1) is 12.2 Å². The highest BCUT2D eigenvalue weighted by atomic mass is 32.1. The Morgan fingerprint density at radius 2 is 2.33 bits per heavy atom. The molecule has 2 aromatic rings. The zero-order chi connectivity index (χ0) is 10.5. The molecule has 0 bridgehead atoms.